The molecule has 0 aliphatic carbocycles. The lowest BCUT2D eigenvalue weighted by Crippen LogP contribution is -2.17. The van der Waals surface area contributed by atoms with Crippen LogP contribution >= 0.6 is 23.2 Å². The van der Waals surface area contributed by atoms with E-state index in [4.69, 9.17) is 27.9 Å². The van der Waals surface area contributed by atoms with Gasteiger partial charge in [-0.25, -0.2) is 0 Å². The van der Waals surface area contributed by atoms with Crippen LogP contribution in [-0.4, -0.2) is 6.54 Å². The number of hydrogen-bond donors (Lipinski definition) is 1. The SMILES string of the molecule is CCNC(C)c1ccc(Oc2ccc(Cl)c(C)c2)c(Cl)c1. The standard InChI is InChI=1S/C17H19Cl2NO/c1-4-20-12(3)13-5-8-17(16(19)10-13)21-14-6-7-15(18)11(2)9-14/h5-10,12,20H,4H2,1-3H3. The van der Waals surface area contributed by atoms with E-state index in [0.29, 0.717) is 10.8 Å². The van der Waals surface area contributed by atoms with Gasteiger partial charge in [0, 0.05) is 11.1 Å². The second kappa shape index (κ2) is 7.17. The molecule has 0 spiro atoms. The third-order valence-electron chi connectivity index (χ3n) is 3.32. The summed E-state index contributed by atoms with van der Waals surface area (Å²) in [4.78, 5) is 0. The molecule has 2 aromatic rings. The van der Waals surface area contributed by atoms with Gasteiger partial charge in [-0.3, -0.25) is 0 Å². The molecular formula is C17H19Cl2NO. The molecule has 112 valence electrons. The van der Waals surface area contributed by atoms with Gasteiger partial charge in [-0.15, -0.1) is 0 Å². The second-order valence-electron chi connectivity index (χ2n) is 4.98. The maximum absolute atomic E-state index is 6.32. The van der Waals surface area contributed by atoms with E-state index >= 15 is 0 Å². The van der Waals surface area contributed by atoms with Crippen molar-refractivity contribution in [1.82, 2.24) is 5.32 Å². The van der Waals surface area contributed by atoms with Crippen LogP contribution in [0.3, 0.4) is 0 Å². The van der Waals surface area contributed by atoms with Crippen LogP contribution in [0.1, 0.15) is 31.0 Å². The van der Waals surface area contributed by atoms with Gasteiger partial charge in [0.25, 0.3) is 0 Å². The van der Waals surface area contributed by atoms with Gasteiger partial charge in [-0.05, 0) is 61.9 Å². The quantitative estimate of drug-likeness (QED) is 0.754. The Balaban J connectivity index is 2.19. The maximum Gasteiger partial charge on any atom is 0.146 e. The number of hydrogen-bond acceptors (Lipinski definition) is 2. The van der Waals surface area contributed by atoms with Gasteiger partial charge in [-0.2, -0.15) is 0 Å². The second-order valence-corrected chi connectivity index (χ2v) is 5.80. The molecule has 2 nitrogen and oxygen atoms in total. The van der Waals surface area contributed by atoms with Crippen LogP contribution in [0.2, 0.25) is 10.0 Å². The van der Waals surface area contributed by atoms with Crippen molar-refractivity contribution >= 4 is 23.2 Å². The zero-order valence-electron chi connectivity index (χ0n) is 12.4. The molecule has 0 aliphatic rings. The van der Waals surface area contributed by atoms with Crippen molar-refractivity contribution in [2.45, 2.75) is 26.8 Å². The predicted molar refractivity (Wildman–Crippen MR) is 89.8 cm³/mol. The van der Waals surface area contributed by atoms with Crippen LogP contribution < -0.4 is 10.1 Å². The first-order chi connectivity index (χ1) is 10.0. The fraction of sp³-hybridized carbons (Fsp3) is 0.294. The number of rotatable bonds is 5. The summed E-state index contributed by atoms with van der Waals surface area (Å²) in [5, 5.41) is 4.68. The third-order valence-corrected chi connectivity index (χ3v) is 4.04. The Morgan fingerprint density at radius 2 is 1.86 bits per heavy atom. The van der Waals surface area contributed by atoms with Crippen LogP contribution in [0.25, 0.3) is 0 Å². The molecule has 1 N–H and O–H groups in total. The smallest absolute Gasteiger partial charge is 0.146 e. The molecule has 0 saturated heterocycles. The van der Waals surface area contributed by atoms with Gasteiger partial charge < -0.3 is 10.1 Å². The summed E-state index contributed by atoms with van der Waals surface area (Å²) in [6.45, 7) is 7.05. The highest BCUT2D eigenvalue weighted by atomic mass is 35.5. The first-order valence-corrected chi connectivity index (χ1v) is 7.73. The molecule has 4 heteroatoms. The molecule has 2 rings (SSSR count). The zero-order valence-corrected chi connectivity index (χ0v) is 13.9. The Morgan fingerprint density at radius 1 is 1.10 bits per heavy atom. The minimum absolute atomic E-state index is 0.263. The first-order valence-electron chi connectivity index (χ1n) is 6.98. The molecule has 0 aliphatic heterocycles. The maximum atomic E-state index is 6.32. The number of nitrogens with one attached hydrogen (secondary N) is 1. The van der Waals surface area contributed by atoms with Crippen LogP contribution in [0.15, 0.2) is 36.4 Å². The summed E-state index contributed by atoms with van der Waals surface area (Å²) in [6, 6.07) is 11.7. The lowest BCUT2D eigenvalue weighted by Gasteiger charge is -2.15. The van der Waals surface area contributed by atoms with Crippen molar-refractivity contribution in [1.29, 1.82) is 0 Å². The highest BCUT2D eigenvalue weighted by molar-refractivity contribution is 6.32. The molecular weight excluding hydrogens is 305 g/mol. The van der Waals surface area contributed by atoms with E-state index in [1.165, 1.54) is 0 Å². The Morgan fingerprint density at radius 3 is 2.48 bits per heavy atom. The average Bonchev–Trinajstić information content (AvgIpc) is 2.45. The van der Waals surface area contributed by atoms with Gasteiger partial charge in [0.15, 0.2) is 0 Å². The molecule has 0 heterocycles. The van der Waals surface area contributed by atoms with Crippen LogP contribution in [0, 0.1) is 6.92 Å². The molecule has 0 radical (unpaired) electrons. The third kappa shape index (κ3) is 4.13. The lowest BCUT2D eigenvalue weighted by atomic mass is 10.1. The molecule has 1 unspecified atom stereocenters. The van der Waals surface area contributed by atoms with E-state index in [1.807, 2.05) is 43.3 Å². The van der Waals surface area contributed by atoms with Gasteiger partial charge >= 0.3 is 0 Å². The predicted octanol–water partition coefficient (Wildman–Crippen LogP) is 5.76. The molecule has 0 amide bonds. The monoisotopic (exact) mass is 323 g/mol. The minimum Gasteiger partial charge on any atom is -0.456 e. The topological polar surface area (TPSA) is 21.3 Å². The van der Waals surface area contributed by atoms with Crippen molar-refractivity contribution in [3.63, 3.8) is 0 Å². The molecule has 0 saturated carbocycles. The highest BCUT2D eigenvalue weighted by Crippen LogP contribution is 2.32. The minimum atomic E-state index is 0.263. The first kappa shape index (κ1) is 16.2. The average molecular weight is 324 g/mol. The summed E-state index contributed by atoms with van der Waals surface area (Å²) in [7, 11) is 0. The fourth-order valence-electron chi connectivity index (χ4n) is 2.10. The van der Waals surface area contributed by atoms with Crippen molar-refractivity contribution in [3.05, 3.63) is 57.6 Å². The Hall–Kier alpha value is -1.22. The van der Waals surface area contributed by atoms with E-state index < -0.39 is 0 Å². The normalized spacial score (nSPS) is 12.2. The molecule has 2 aromatic carbocycles. The Kier molecular flexibility index (Phi) is 5.51. The number of aryl methyl sites for hydroxylation is 1. The van der Waals surface area contributed by atoms with Crippen LogP contribution in [0.5, 0.6) is 11.5 Å². The van der Waals surface area contributed by atoms with Gasteiger partial charge in [0.2, 0.25) is 0 Å². The van der Waals surface area contributed by atoms with E-state index in [1.54, 1.807) is 0 Å². The molecule has 21 heavy (non-hydrogen) atoms. The Labute approximate surface area is 136 Å². The molecule has 0 fully saturated rings. The van der Waals surface area contributed by atoms with E-state index in [0.717, 1.165) is 28.4 Å². The van der Waals surface area contributed by atoms with Crippen molar-refractivity contribution in [3.8, 4) is 11.5 Å². The summed E-state index contributed by atoms with van der Waals surface area (Å²) in [5.74, 6) is 1.37. The zero-order chi connectivity index (χ0) is 15.4. The highest BCUT2D eigenvalue weighted by Gasteiger charge is 2.09. The van der Waals surface area contributed by atoms with Crippen molar-refractivity contribution in [2.75, 3.05) is 6.54 Å². The number of benzene rings is 2. The Bertz CT molecular complexity index is 628. The van der Waals surface area contributed by atoms with Crippen LogP contribution in [0.4, 0.5) is 0 Å². The summed E-state index contributed by atoms with van der Waals surface area (Å²) >= 11 is 12.3. The molecule has 1 atom stereocenters. The number of halogens is 2. The van der Waals surface area contributed by atoms with Crippen molar-refractivity contribution < 1.29 is 4.74 Å². The number of ether oxygens (including phenoxy) is 1. The van der Waals surface area contributed by atoms with Gasteiger partial charge in [0.05, 0.1) is 5.02 Å². The fourth-order valence-corrected chi connectivity index (χ4v) is 2.45. The lowest BCUT2D eigenvalue weighted by molar-refractivity contribution is 0.481. The van der Waals surface area contributed by atoms with Crippen molar-refractivity contribution in [2.24, 2.45) is 0 Å². The van der Waals surface area contributed by atoms with Gasteiger partial charge in [-0.1, -0.05) is 36.2 Å². The largest absolute Gasteiger partial charge is 0.456 e. The van der Waals surface area contributed by atoms with Gasteiger partial charge in [0.1, 0.15) is 11.5 Å². The van der Waals surface area contributed by atoms with E-state index in [9.17, 15) is 0 Å². The molecule has 0 bridgehead atoms. The van der Waals surface area contributed by atoms with E-state index in [-0.39, 0.29) is 6.04 Å². The molecule has 0 aromatic heterocycles. The summed E-state index contributed by atoms with van der Waals surface area (Å²) in [5.41, 5.74) is 2.11. The summed E-state index contributed by atoms with van der Waals surface area (Å²) in [6.07, 6.45) is 0. The van der Waals surface area contributed by atoms with Crippen LogP contribution in [-0.2, 0) is 0 Å². The summed E-state index contributed by atoms with van der Waals surface area (Å²) < 4.78 is 5.83. The van der Waals surface area contributed by atoms with E-state index in [2.05, 4.69) is 19.2 Å².